The third-order valence-electron chi connectivity index (χ3n) is 3.41. The van der Waals surface area contributed by atoms with Gasteiger partial charge in [-0.05, 0) is 6.42 Å². The van der Waals surface area contributed by atoms with Gasteiger partial charge in [-0.15, -0.1) is 0 Å². The van der Waals surface area contributed by atoms with Crippen LogP contribution in [-0.2, 0) is 15.6 Å². The maximum absolute atomic E-state index is 11.9. The fourth-order valence-corrected chi connectivity index (χ4v) is 2.41. The van der Waals surface area contributed by atoms with Crippen molar-refractivity contribution in [2.75, 3.05) is 45.5 Å². The Labute approximate surface area is 121 Å². The average molecular weight is 305 g/mol. The molecule has 2 amide bonds. The van der Waals surface area contributed by atoms with E-state index in [1.807, 2.05) is 11.8 Å². The lowest BCUT2D eigenvalue weighted by Crippen LogP contribution is -2.52. The van der Waals surface area contributed by atoms with Crippen molar-refractivity contribution >= 4 is 22.8 Å². The van der Waals surface area contributed by atoms with Gasteiger partial charge in [0.25, 0.3) is 0 Å². The Kier molecular flexibility index (Phi) is 6.94. The number of rotatable bonds is 6. The summed E-state index contributed by atoms with van der Waals surface area (Å²) in [6, 6.07) is -0.130. The number of aliphatic carboxylic acids is 1. The molecule has 0 aromatic rings. The summed E-state index contributed by atoms with van der Waals surface area (Å²) >= 11 is 0. The van der Waals surface area contributed by atoms with Gasteiger partial charge < -0.3 is 15.3 Å². The van der Waals surface area contributed by atoms with Crippen LogP contribution in [0.15, 0.2) is 0 Å². The van der Waals surface area contributed by atoms with Gasteiger partial charge in [0.15, 0.2) is 0 Å². The van der Waals surface area contributed by atoms with Crippen LogP contribution in [0.5, 0.6) is 0 Å². The summed E-state index contributed by atoms with van der Waals surface area (Å²) in [6.07, 6.45) is 2.35. The fourth-order valence-electron chi connectivity index (χ4n) is 1.96. The Morgan fingerprint density at radius 3 is 2.40 bits per heavy atom. The van der Waals surface area contributed by atoms with Crippen LogP contribution < -0.4 is 5.32 Å². The van der Waals surface area contributed by atoms with Crippen LogP contribution >= 0.6 is 0 Å². The van der Waals surface area contributed by atoms with Crippen molar-refractivity contribution in [3.05, 3.63) is 0 Å². The van der Waals surface area contributed by atoms with Crippen molar-refractivity contribution in [2.45, 2.75) is 18.6 Å². The standard InChI is InChI=1S/C12H23N3O4S/c1-10(20(2)19)3-4-13-12(18)15-7-5-14(6-8-15)9-11(16)17/h10H,3-9H2,1-2H3,(H,13,18)(H,16,17). The number of nitrogens with zero attached hydrogens (tertiary/aromatic N) is 2. The highest BCUT2D eigenvalue weighted by Gasteiger charge is 2.22. The lowest BCUT2D eigenvalue weighted by molar-refractivity contribution is -0.138. The topological polar surface area (TPSA) is 90.0 Å². The zero-order valence-electron chi connectivity index (χ0n) is 12.0. The molecule has 1 heterocycles. The van der Waals surface area contributed by atoms with Crippen molar-refractivity contribution in [3.8, 4) is 0 Å². The number of carbonyl (C=O) groups excluding carboxylic acids is 1. The van der Waals surface area contributed by atoms with Gasteiger partial charge in [0.1, 0.15) is 0 Å². The Morgan fingerprint density at radius 2 is 1.90 bits per heavy atom. The molecule has 2 N–H and O–H groups in total. The SMILES string of the molecule is CC(CCNC(=O)N1CCN(CC(=O)O)CC1)S(C)=O. The Hall–Kier alpha value is -1.15. The molecule has 2 unspecified atom stereocenters. The number of hydrogen-bond acceptors (Lipinski definition) is 4. The average Bonchev–Trinajstić information content (AvgIpc) is 2.38. The van der Waals surface area contributed by atoms with Crippen LogP contribution in [0.1, 0.15) is 13.3 Å². The van der Waals surface area contributed by atoms with E-state index >= 15 is 0 Å². The first-order valence-corrected chi connectivity index (χ1v) is 8.31. The summed E-state index contributed by atoms with van der Waals surface area (Å²) in [5.41, 5.74) is 0. The van der Waals surface area contributed by atoms with E-state index in [1.165, 1.54) is 0 Å². The highest BCUT2D eigenvalue weighted by Crippen LogP contribution is 2.02. The van der Waals surface area contributed by atoms with Crippen molar-refractivity contribution in [3.63, 3.8) is 0 Å². The molecular formula is C12H23N3O4S. The van der Waals surface area contributed by atoms with Crippen LogP contribution in [0, 0.1) is 0 Å². The van der Waals surface area contributed by atoms with Crippen LogP contribution in [-0.4, -0.2) is 81.9 Å². The molecule has 7 nitrogen and oxygen atoms in total. The second-order valence-electron chi connectivity index (χ2n) is 4.99. The normalized spacial score (nSPS) is 19.4. The highest BCUT2D eigenvalue weighted by atomic mass is 32.2. The zero-order valence-corrected chi connectivity index (χ0v) is 12.8. The minimum atomic E-state index is -0.867. The molecule has 0 aliphatic carbocycles. The Bertz CT molecular complexity index is 370. The molecule has 1 aliphatic rings. The quantitative estimate of drug-likeness (QED) is 0.694. The van der Waals surface area contributed by atoms with Gasteiger partial charge in [-0.1, -0.05) is 6.92 Å². The first-order valence-electron chi connectivity index (χ1n) is 6.69. The van der Waals surface area contributed by atoms with Gasteiger partial charge in [0.05, 0.1) is 6.54 Å². The number of hydrogen-bond donors (Lipinski definition) is 2. The molecule has 2 atom stereocenters. The van der Waals surface area contributed by atoms with E-state index in [-0.39, 0.29) is 17.8 Å². The lowest BCUT2D eigenvalue weighted by Gasteiger charge is -2.33. The van der Waals surface area contributed by atoms with Gasteiger partial charge in [-0.3, -0.25) is 13.9 Å². The van der Waals surface area contributed by atoms with E-state index in [2.05, 4.69) is 5.32 Å². The molecule has 0 aromatic heterocycles. The molecule has 1 rings (SSSR count). The molecule has 116 valence electrons. The van der Waals surface area contributed by atoms with Crippen molar-refractivity contribution < 1.29 is 18.9 Å². The monoisotopic (exact) mass is 305 g/mol. The number of carboxylic acids is 1. The molecule has 20 heavy (non-hydrogen) atoms. The van der Waals surface area contributed by atoms with Gasteiger partial charge in [-0.2, -0.15) is 0 Å². The van der Waals surface area contributed by atoms with E-state index in [0.717, 1.165) is 0 Å². The van der Waals surface area contributed by atoms with Gasteiger partial charge in [0.2, 0.25) is 0 Å². The molecular weight excluding hydrogens is 282 g/mol. The fraction of sp³-hybridized carbons (Fsp3) is 0.833. The molecule has 1 aliphatic heterocycles. The number of carbonyl (C=O) groups is 2. The third kappa shape index (κ3) is 5.87. The van der Waals surface area contributed by atoms with Gasteiger partial charge in [0, 0.05) is 55.0 Å². The van der Waals surface area contributed by atoms with Gasteiger partial charge >= 0.3 is 12.0 Å². The van der Waals surface area contributed by atoms with E-state index < -0.39 is 16.8 Å². The largest absolute Gasteiger partial charge is 0.480 e. The minimum absolute atomic E-state index is 0.0231. The van der Waals surface area contributed by atoms with Crippen molar-refractivity contribution in [1.29, 1.82) is 0 Å². The lowest BCUT2D eigenvalue weighted by atomic mass is 10.3. The van der Waals surface area contributed by atoms with E-state index in [1.54, 1.807) is 11.2 Å². The smallest absolute Gasteiger partial charge is 0.317 e. The molecule has 0 radical (unpaired) electrons. The van der Waals surface area contributed by atoms with E-state index in [9.17, 15) is 13.8 Å². The molecule has 0 aromatic carbocycles. The summed E-state index contributed by atoms with van der Waals surface area (Å²) in [5, 5.41) is 11.6. The van der Waals surface area contributed by atoms with Crippen LogP contribution in [0.4, 0.5) is 4.79 Å². The molecule has 0 saturated carbocycles. The molecule has 1 saturated heterocycles. The zero-order chi connectivity index (χ0) is 15.1. The summed E-state index contributed by atoms with van der Waals surface area (Å²) in [6.45, 7) is 4.66. The second-order valence-corrected chi connectivity index (χ2v) is 6.79. The second kappa shape index (κ2) is 8.21. The highest BCUT2D eigenvalue weighted by molar-refractivity contribution is 7.84. The summed E-state index contributed by atoms with van der Waals surface area (Å²) < 4.78 is 11.2. The summed E-state index contributed by atoms with van der Waals surface area (Å²) in [5.74, 6) is -0.843. The van der Waals surface area contributed by atoms with Gasteiger partial charge in [-0.25, -0.2) is 4.79 Å². The molecule has 8 heteroatoms. The molecule has 0 bridgehead atoms. The number of piperazine rings is 1. The maximum Gasteiger partial charge on any atom is 0.317 e. The predicted molar refractivity (Wildman–Crippen MR) is 77.2 cm³/mol. The molecule has 0 spiro atoms. The van der Waals surface area contributed by atoms with Crippen LogP contribution in [0.2, 0.25) is 0 Å². The van der Waals surface area contributed by atoms with Crippen molar-refractivity contribution in [2.24, 2.45) is 0 Å². The number of nitrogens with one attached hydrogen (secondary N) is 1. The van der Waals surface area contributed by atoms with Crippen LogP contribution in [0.3, 0.4) is 0 Å². The maximum atomic E-state index is 11.9. The van der Waals surface area contributed by atoms with Crippen molar-refractivity contribution in [1.82, 2.24) is 15.1 Å². The van der Waals surface area contributed by atoms with Crippen LogP contribution in [0.25, 0.3) is 0 Å². The molecule has 1 fully saturated rings. The van der Waals surface area contributed by atoms with E-state index in [0.29, 0.717) is 39.1 Å². The first kappa shape index (κ1) is 16.9. The third-order valence-corrected chi connectivity index (χ3v) is 4.78. The minimum Gasteiger partial charge on any atom is -0.480 e. The Balaban J connectivity index is 2.22. The summed E-state index contributed by atoms with van der Waals surface area (Å²) in [7, 11) is -0.867. The predicted octanol–water partition coefficient (Wildman–Crippen LogP) is -0.445. The number of amides is 2. The van der Waals surface area contributed by atoms with E-state index in [4.69, 9.17) is 5.11 Å². The Morgan fingerprint density at radius 1 is 1.30 bits per heavy atom. The number of carboxylic acid groups (broad SMARTS) is 1. The first-order chi connectivity index (χ1) is 9.40. The number of urea groups is 1. The summed E-state index contributed by atoms with van der Waals surface area (Å²) in [4.78, 5) is 26.0.